The smallest absolute Gasteiger partial charge is 0.158 e. The monoisotopic (exact) mass is 257 g/mol. The van der Waals surface area contributed by atoms with Crippen LogP contribution in [0, 0.1) is 11.8 Å². The lowest BCUT2D eigenvalue weighted by molar-refractivity contribution is -0.143. The Labute approximate surface area is 113 Å². The lowest BCUT2D eigenvalue weighted by atomic mass is 9.86. The summed E-state index contributed by atoms with van der Waals surface area (Å²) in [5, 5.41) is 0. The van der Waals surface area contributed by atoms with E-state index in [0.29, 0.717) is 6.04 Å². The van der Waals surface area contributed by atoms with E-state index >= 15 is 0 Å². The fourth-order valence-corrected chi connectivity index (χ4v) is 2.99. The second kappa shape index (κ2) is 8.13. The van der Waals surface area contributed by atoms with Crippen molar-refractivity contribution in [3.8, 4) is 0 Å². The highest BCUT2D eigenvalue weighted by Gasteiger charge is 2.28. The molecule has 3 heteroatoms. The van der Waals surface area contributed by atoms with E-state index in [1.807, 2.05) is 13.8 Å². The van der Waals surface area contributed by atoms with Gasteiger partial charge in [-0.15, -0.1) is 0 Å². The third kappa shape index (κ3) is 4.87. The number of nitrogens with zero attached hydrogens (tertiary/aromatic N) is 1. The Morgan fingerprint density at radius 1 is 1.11 bits per heavy atom. The Morgan fingerprint density at radius 2 is 1.72 bits per heavy atom. The number of hydrogen-bond donors (Lipinski definition) is 0. The second-order valence-electron chi connectivity index (χ2n) is 5.68. The van der Waals surface area contributed by atoms with E-state index in [9.17, 15) is 0 Å². The van der Waals surface area contributed by atoms with Crippen LogP contribution in [0.25, 0.3) is 0 Å². The molecule has 0 aromatic carbocycles. The number of rotatable bonds is 7. The van der Waals surface area contributed by atoms with Gasteiger partial charge in [-0.3, -0.25) is 4.90 Å². The molecule has 0 spiro atoms. The van der Waals surface area contributed by atoms with Crippen molar-refractivity contribution in [3.05, 3.63) is 0 Å². The summed E-state index contributed by atoms with van der Waals surface area (Å²) >= 11 is 0. The molecule has 0 amide bonds. The second-order valence-corrected chi connectivity index (χ2v) is 5.68. The minimum Gasteiger partial charge on any atom is -0.353 e. The van der Waals surface area contributed by atoms with Crippen molar-refractivity contribution in [1.82, 2.24) is 4.90 Å². The van der Waals surface area contributed by atoms with Crippen LogP contribution in [0.15, 0.2) is 0 Å². The van der Waals surface area contributed by atoms with Gasteiger partial charge in [0.2, 0.25) is 0 Å². The van der Waals surface area contributed by atoms with E-state index in [-0.39, 0.29) is 6.29 Å². The van der Waals surface area contributed by atoms with Gasteiger partial charge in [-0.25, -0.2) is 0 Å². The fourth-order valence-electron chi connectivity index (χ4n) is 2.99. The first-order valence-electron chi connectivity index (χ1n) is 7.55. The largest absolute Gasteiger partial charge is 0.353 e. The van der Waals surface area contributed by atoms with Crippen molar-refractivity contribution in [3.63, 3.8) is 0 Å². The lowest BCUT2D eigenvalue weighted by Crippen LogP contribution is -2.46. The summed E-state index contributed by atoms with van der Waals surface area (Å²) in [7, 11) is 0. The third-order valence-corrected chi connectivity index (χ3v) is 4.08. The van der Waals surface area contributed by atoms with Crippen LogP contribution in [-0.4, -0.2) is 43.5 Å². The first-order chi connectivity index (χ1) is 8.58. The first-order valence-corrected chi connectivity index (χ1v) is 7.55. The maximum absolute atomic E-state index is 5.61. The Balaban J connectivity index is 2.39. The van der Waals surface area contributed by atoms with Gasteiger partial charge in [0.05, 0.1) is 0 Å². The minimum absolute atomic E-state index is 0.0280. The van der Waals surface area contributed by atoms with Crippen molar-refractivity contribution in [1.29, 1.82) is 0 Å². The maximum Gasteiger partial charge on any atom is 0.158 e. The molecule has 0 radical (unpaired) electrons. The highest BCUT2D eigenvalue weighted by Crippen LogP contribution is 2.27. The van der Waals surface area contributed by atoms with Crippen molar-refractivity contribution in [2.75, 3.05) is 26.3 Å². The van der Waals surface area contributed by atoms with Crippen molar-refractivity contribution in [2.24, 2.45) is 11.8 Å². The van der Waals surface area contributed by atoms with Gasteiger partial charge in [0.25, 0.3) is 0 Å². The molecular weight excluding hydrogens is 226 g/mol. The molecule has 1 aliphatic rings. The summed E-state index contributed by atoms with van der Waals surface area (Å²) in [5.41, 5.74) is 0. The summed E-state index contributed by atoms with van der Waals surface area (Å²) in [5.74, 6) is 1.61. The molecule has 3 atom stereocenters. The van der Waals surface area contributed by atoms with E-state index in [4.69, 9.17) is 9.47 Å². The number of hydrogen-bond acceptors (Lipinski definition) is 3. The summed E-state index contributed by atoms with van der Waals surface area (Å²) in [6, 6.07) is 0.685. The SMILES string of the molecule is CCOC(CCN1CC(C)CC(C)C1C)OCC. The van der Waals surface area contributed by atoms with E-state index in [1.54, 1.807) is 0 Å². The molecule has 0 aromatic heterocycles. The number of piperidine rings is 1. The van der Waals surface area contributed by atoms with Crippen LogP contribution in [0.2, 0.25) is 0 Å². The molecule has 0 aromatic rings. The highest BCUT2D eigenvalue weighted by atomic mass is 16.7. The third-order valence-electron chi connectivity index (χ3n) is 4.08. The van der Waals surface area contributed by atoms with E-state index in [2.05, 4.69) is 25.7 Å². The summed E-state index contributed by atoms with van der Waals surface area (Å²) in [6.07, 6.45) is 2.31. The number of likely N-dealkylation sites (tertiary alicyclic amines) is 1. The van der Waals surface area contributed by atoms with Crippen LogP contribution in [0.3, 0.4) is 0 Å². The molecule has 1 saturated heterocycles. The molecule has 0 saturated carbocycles. The minimum atomic E-state index is -0.0280. The van der Waals surface area contributed by atoms with Crippen LogP contribution < -0.4 is 0 Å². The highest BCUT2D eigenvalue weighted by molar-refractivity contribution is 4.81. The van der Waals surface area contributed by atoms with Crippen LogP contribution >= 0.6 is 0 Å². The Kier molecular flexibility index (Phi) is 7.20. The molecule has 0 aliphatic carbocycles. The van der Waals surface area contributed by atoms with Crippen molar-refractivity contribution < 1.29 is 9.47 Å². The normalized spacial score (nSPS) is 30.0. The predicted octanol–water partition coefficient (Wildman–Crippen LogP) is 3.14. The van der Waals surface area contributed by atoms with E-state index in [0.717, 1.165) is 38.0 Å². The Morgan fingerprint density at radius 3 is 2.28 bits per heavy atom. The zero-order chi connectivity index (χ0) is 13.5. The Hall–Kier alpha value is -0.120. The summed E-state index contributed by atoms with van der Waals surface area (Å²) in [6.45, 7) is 14.9. The molecular formula is C15H31NO2. The molecule has 1 aliphatic heterocycles. The predicted molar refractivity (Wildman–Crippen MR) is 75.6 cm³/mol. The van der Waals surface area contributed by atoms with Crippen molar-refractivity contribution >= 4 is 0 Å². The molecule has 1 rings (SSSR count). The number of ether oxygens (including phenoxy) is 2. The quantitative estimate of drug-likeness (QED) is 0.654. The maximum atomic E-state index is 5.61. The van der Waals surface area contributed by atoms with Crippen molar-refractivity contribution in [2.45, 2.75) is 59.8 Å². The van der Waals surface area contributed by atoms with Gasteiger partial charge >= 0.3 is 0 Å². The molecule has 3 unspecified atom stereocenters. The molecule has 1 fully saturated rings. The van der Waals surface area contributed by atoms with Crippen LogP contribution in [-0.2, 0) is 9.47 Å². The lowest BCUT2D eigenvalue weighted by Gasteiger charge is -2.41. The fraction of sp³-hybridized carbons (Fsp3) is 1.00. The van der Waals surface area contributed by atoms with Crippen LogP contribution in [0.1, 0.15) is 47.5 Å². The summed E-state index contributed by atoms with van der Waals surface area (Å²) in [4.78, 5) is 2.60. The molecule has 18 heavy (non-hydrogen) atoms. The average molecular weight is 257 g/mol. The topological polar surface area (TPSA) is 21.7 Å². The molecule has 1 heterocycles. The average Bonchev–Trinajstić information content (AvgIpc) is 2.32. The molecule has 0 bridgehead atoms. The molecule has 0 N–H and O–H groups in total. The van der Waals surface area contributed by atoms with Gasteiger partial charge in [0.15, 0.2) is 6.29 Å². The van der Waals surface area contributed by atoms with Crippen LogP contribution in [0.4, 0.5) is 0 Å². The van der Waals surface area contributed by atoms with E-state index in [1.165, 1.54) is 13.0 Å². The molecule has 3 nitrogen and oxygen atoms in total. The van der Waals surface area contributed by atoms with Gasteiger partial charge in [0.1, 0.15) is 0 Å². The standard InChI is InChI=1S/C15H31NO2/c1-6-17-15(18-7-2)8-9-16-11-12(3)10-13(4)14(16)5/h12-15H,6-11H2,1-5H3. The Bertz CT molecular complexity index is 217. The zero-order valence-electron chi connectivity index (χ0n) is 12.8. The first kappa shape index (κ1) is 15.9. The van der Waals surface area contributed by atoms with Gasteiger partial charge in [0, 0.05) is 38.8 Å². The van der Waals surface area contributed by atoms with Gasteiger partial charge < -0.3 is 9.47 Å². The van der Waals surface area contributed by atoms with Gasteiger partial charge in [-0.05, 0) is 39.0 Å². The molecule has 108 valence electrons. The summed E-state index contributed by atoms with van der Waals surface area (Å²) < 4.78 is 11.2. The van der Waals surface area contributed by atoms with Gasteiger partial charge in [-0.2, -0.15) is 0 Å². The van der Waals surface area contributed by atoms with Gasteiger partial charge in [-0.1, -0.05) is 13.8 Å². The zero-order valence-corrected chi connectivity index (χ0v) is 12.8. The van der Waals surface area contributed by atoms with Crippen LogP contribution in [0.5, 0.6) is 0 Å². The van der Waals surface area contributed by atoms with E-state index < -0.39 is 0 Å².